The highest BCUT2D eigenvalue weighted by atomic mass is 35.5. The molecule has 0 unspecified atom stereocenters. The third kappa shape index (κ3) is 2.36. The van der Waals surface area contributed by atoms with Crippen LogP contribution < -0.4 is 5.73 Å². The summed E-state index contributed by atoms with van der Waals surface area (Å²) in [6, 6.07) is 0. The zero-order valence-electron chi connectivity index (χ0n) is 8.41. The second kappa shape index (κ2) is 4.61. The van der Waals surface area contributed by atoms with Crippen LogP contribution in [0.4, 0.5) is 5.13 Å². The van der Waals surface area contributed by atoms with E-state index >= 15 is 0 Å². The van der Waals surface area contributed by atoms with Gasteiger partial charge in [0.1, 0.15) is 0 Å². The van der Waals surface area contributed by atoms with Gasteiger partial charge in [0.15, 0.2) is 5.01 Å². The lowest BCUT2D eigenvalue weighted by Gasteiger charge is -2.16. The maximum absolute atomic E-state index is 6.11. The number of nitrogens with two attached hydrogens (primary N) is 1. The number of halogens is 1. The van der Waals surface area contributed by atoms with Gasteiger partial charge in [0.25, 0.3) is 0 Å². The number of rotatable bonds is 3. The smallest absolute Gasteiger partial charge is 0.203 e. The molecule has 0 fully saturated rings. The van der Waals surface area contributed by atoms with Gasteiger partial charge in [-0.2, -0.15) is 0 Å². The van der Waals surface area contributed by atoms with Crippen molar-refractivity contribution in [2.24, 2.45) is 0 Å². The van der Waals surface area contributed by atoms with Crippen LogP contribution in [0.2, 0.25) is 0 Å². The first kappa shape index (κ1) is 11.3. The van der Waals surface area contributed by atoms with Gasteiger partial charge in [-0.15, -0.1) is 10.2 Å². The molecule has 0 spiro atoms. The van der Waals surface area contributed by atoms with Crippen LogP contribution >= 0.6 is 22.9 Å². The minimum Gasteiger partial charge on any atom is -0.374 e. The Morgan fingerprint density at radius 3 is 2.50 bits per heavy atom. The average molecular weight is 233 g/mol. The summed E-state index contributed by atoms with van der Waals surface area (Å²) in [6.45, 7) is 2.00. The van der Waals surface area contributed by atoms with Crippen molar-refractivity contribution in [3.8, 4) is 0 Å². The number of nitrogen functional groups attached to an aromatic ring is 1. The predicted molar refractivity (Wildman–Crippen MR) is 61.1 cm³/mol. The van der Waals surface area contributed by atoms with Gasteiger partial charge in [-0.05, 0) is 6.42 Å². The Balaban J connectivity index is 3.13. The van der Waals surface area contributed by atoms with E-state index < -0.39 is 0 Å². The molecule has 0 bridgehead atoms. The molecule has 14 heavy (non-hydrogen) atoms. The molecule has 78 valence electrons. The summed E-state index contributed by atoms with van der Waals surface area (Å²) in [6.07, 6.45) is 0.772. The van der Waals surface area contributed by atoms with E-state index in [1.165, 1.54) is 11.3 Å². The molecule has 0 aliphatic carbocycles. The molecule has 0 atom stereocenters. The molecule has 0 radical (unpaired) electrons. The van der Waals surface area contributed by atoms with Gasteiger partial charge in [-0.1, -0.05) is 29.9 Å². The van der Waals surface area contributed by atoms with E-state index in [0.717, 1.165) is 22.2 Å². The third-order valence-electron chi connectivity index (χ3n) is 1.66. The van der Waals surface area contributed by atoms with Crippen molar-refractivity contribution in [1.29, 1.82) is 0 Å². The summed E-state index contributed by atoms with van der Waals surface area (Å²) in [4.78, 5) is 1.92. The van der Waals surface area contributed by atoms with Gasteiger partial charge in [0.2, 0.25) is 5.13 Å². The fourth-order valence-electron chi connectivity index (χ4n) is 1.05. The number of anilines is 1. The number of aromatic nitrogens is 2. The zero-order chi connectivity index (χ0) is 10.7. The molecule has 0 aliphatic heterocycles. The molecule has 6 heteroatoms. The van der Waals surface area contributed by atoms with E-state index in [4.69, 9.17) is 17.3 Å². The molecule has 1 aromatic rings. The SMILES string of the molecule is CC/C(Cl)=C(/c1nnc(N)s1)N(C)C. The molecule has 0 aromatic carbocycles. The van der Waals surface area contributed by atoms with Crippen molar-refractivity contribution in [3.05, 3.63) is 10.0 Å². The van der Waals surface area contributed by atoms with Crippen LogP contribution in [-0.2, 0) is 0 Å². The largest absolute Gasteiger partial charge is 0.374 e. The van der Waals surface area contributed by atoms with Crippen LogP contribution in [-0.4, -0.2) is 29.2 Å². The number of hydrogen-bond donors (Lipinski definition) is 1. The molecule has 1 aromatic heterocycles. The van der Waals surface area contributed by atoms with Crippen molar-refractivity contribution in [2.45, 2.75) is 13.3 Å². The maximum atomic E-state index is 6.11. The highest BCUT2D eigenvalue weighted by Crippen LogP contribution is 2.28. The fourth-order valence-corrected chi connectivity index (χ4v) is 2.13. The summed E-state index contributed by atoms with van der Waals surface area (Å²) < 4.78 is 0. The molecule has 1 heterocycles. The van der Waals surface area contributed by atoms with E-state index in [0.29, 0.717) is 5.13 Å². The fraction of sp³-hybridized carbons (Fsp3) is 0.500. The average Bonchev–Trinajstić information content (AvgIpc) is 2.51. The van der Waals surface area contributed by atoms with Gasteiger partial charge in [-0.25, -0.2) is 0 Å². The highest BCUT2D eigenvalue weighted by molar-refractivity contribution is 7.16. The summed E-state index contributed by atoms with van der Waals surface area (Å²) in [5.74, 6) is 0. The highest BCUT2D eigenvalue weighted by Gasteiger charge is 2.13. The number of allylic oxidation sites excluding steroid dienone is 1. The maximum Gasteiger partial charge on any atom is 0.203 e. The van der Waals surface area contributed by atoms with Crippen LogP contribution in [0.5, 0.6) is 0 Å². The first-order valence-corrected chi connectivity index (χ1v) is 5.41. The van der Waals surface area contributed by atoms with Crippen LogP contribution in [0.15, 0.2) is 5.03 Å². The summed E-state index contributed by atoms with van der Waals surface area (Å²) in [5, 5.41) is 9.72. The van der Waals surface area contributed by atoms with E-state index in [2.05, 4.69) is 10.2 Å². The molecule has 0 aliphatic rings. The van der Waals surface area contributed by atoms with Gasteiger partial charge >= 0.3 is 0 Å². The van der Waals surface area contributed by atoms with Crippen molar-refractivity contribution < 1.29 is 0 Å². The molecule has 4 nitrogen and oxygen atoms in total. The van der Waals surface area contributed by atoms with E-state index in [1.54, 1.807) is 0 Å². The van der Waals surface area contributed by atoms with Crippen molar-refractivity contribution in [2.75, 3.05) is 19.8 Å². The number of hydrogen-bond acceptors (Lipinski definition) is 5. The lowest BCUT2D eigenvalue weighted by atomic mass is 10.3. The quantitative estimate of drug-likeness (QED) is 0.866. The van der Waals surface area contributed by atoms with Crippen LogP contribution in [0.3, 0.4) is 0 Å². The topological polar surface area (TPSA) is 55.0 Å². The first-order valence-electron chi connectivity index (χ1n) is 4.21. The Bertz CT molecular complexity index is 345. The standard InChI is InChI=1S/C8H13ClN4S/c1-4-5(9)6(13(2)3)7-11-12-8(10)14-7/h4H2,1-3H3,(H2,10,12)/b6-5+. The molecule has 0 saturated heterocycles. The summed E-state index contributed by atoms with van der Waals surface area (Å²) in [7, 11) is 3.84. The van der Waals surface area contributed by atoms with Crippen molar-refractivity contribution in [1.82, 2.24) is 15.1 Å². The Morgan fingerprint density at radius 2 is 2.14 bits per heavy atom. The normalized spacial score (nSPS) is 12.6. The lowest BCUT2D eigenvalue weighted by molar-refractivity contribution is 0.587. The molecule has 0 amide bonds. The molecule has 2 N–H and O–H groups in total. The minimum atomic E-state index is 0.458. The zero-order valence-corrected chi connectivity index (χ0v) is 9.98. The van der Waals surface area contributed by atoms with Gasteiger partial charge < -0.3 is 10.6 Å². The first-order chi connectivity index (χ1) is 6.56. The monoisotopic (exact) mass is 232 g/mol. The van der Waals surface area contributed by atoms with E-state index in [1.807, 2.05) is 25.9 Å². The Labute approximate surface area is 92.4 Å². The van der Waals surface area contributed by atoms with Crippen molar-refractivity contribution >= 4 is 33.8 Å². The Kier molecular flexibility index (Phi) is 3.71. The van der Waals surface area contributed by atoms with Crippen LogP contribution in [0.25, 0.3) is 5.70 Å². The minimum absolute atomic E-state index is 0.458. The summed E-state index contributed by atoms with van der Waals surface area (Å²) in [5.41, 5.74) is 6.41. The molecular weight excluding hydrogens is 220 g/mol. The van der Waals surface area contributed by atoms with E-state index in [-0.39, 0.29) is 0 Å². The van der Waals surface area contributed by atoms with Gasteiger partial charge in [0, 0.05) is 19.1 Å². The predicted octanol–water partition coefficient (Wildman–Crippen LogP) is 2.00. The molecule has 0 saturated carbocycles. The molecule has 1 rings (SSSR count). The Hall–Kier alpha value is -0.810. The van der Waals surface area contributed by atoms with Crippen LogP contribution in [0.1, 0.15) is 18.4 Å². The summed E-state index contributed by atoms with van der Waals surface area (Å²) >= 11 is 7.45. The number of nitrogens with zero attached hydrogens (tertiary/aromatic N) is 3. The third-order valence-corrected chi connectivity index (χ3v) is 2.86. The van der Waals surface area contributed by atoms with E-state index in [9.17, 15) is 0 Å². The van der Waals surface area contributed by atoms with Gasteiger partial charge in [0.05, 0.1) is 5.70 Å². The molecular formula is C8H13ClN4S. The van der Waals surface area contributed by atoms with Gasteiger partial charge in [-0.3, -0.25) is 0 Å². The second-order valence-electron chi connectivity index (χ2n) is 2.95. The lowest BCUT2D eigenvalue weighted by Crippen LogP contribution is -2.11. The van der Waals surface area contributed by atoms with Crippen LogP contribution in [0, 0.1) is 0 Å². The van der Waals surface area contributed by atoms with Crippen molar-refractivity contribution in [3.63, 3.8) is 0 Å². The Morgan fingerprint density at radius 1 is 1.50 bits per heavy atom. The second-order valence-corrected chi connectivity index (χ2v) is 4.41.